The van der Waals surface area contributed by atoms with Crippen molar-refractivity contribution >= 4 is 18.9 Å². The number of hydrogen-bond donors (Lipinski definition) is 1. The van der Waals surface area contributed by atoms with Crippen molar-refractivity contribution in [3.63, 3.8) is 0 Å². The lowest BCUT2D eigenvalue weighted by molar-refractivity contribution is -0.174. The largest absolute Gasteiger partial charge is 0.466 e. The third-order valence-electron chi connectivity index (χ3n) is 3.83. The van der Waals surface area contributed by atoms with Crippen molar-refractivity contribution in [2.24, 2.45) is 0 Å². The highest BCUT2D eigenvalue weighted by Gasteiger charge is 2.43. The Hall–Kier alpha value is -2.45. The Balaban J connectivity index is 1.91. The first-order chi connectivity index (χ1) is 12.1. The number of aromatic nitrogens is 2. The number of hydrogen-bond acceptors (Lipinski definition) is 7. The number of aliphatic hydroxyl groups is 1. The number of esters is 1. The van der Waals surface area contributed by atoms with E-state index in [-0.39, 0.29) is 13.0 Å². The van der Waals surface area contributed by atoms with Crippen molar-refractivity contribution in [2.45, 2.75) is 32.5 Å². The Labute approximate surface area is 146 Å². The minimum absolute atomic E-state index is 0.247. The van der Waals surface area contributed by atoms with Gasteiger partial charge in [-0.2, -0.15) is 0 Å². The Morgan fingerprint density at radius 3 is 2.88 bits per heavy atom. The molecule has 0 saturated carbocycles. The first-order valence-corrected chi connectivity index (χ1v) is 8.06. The maximum absolute atomic E-state index is 11.8. The van der Waals surface area contributed by atoms with Crippen LogP contribution in [0, 0.1) is 0 Å². The molecule has 3 rings (SSSR count). The summed E-state index contributed by atoms with van der Waals surface area (Å²) in [6, 6.07) is 3.53. The maximum Gasteiger partial charge on any atom is 0.334 e. The van der Waals surface area contributed by atoms with Crippen LogP contribution in [0.25, 0.3) is 0 Å². The van der Waals surface area contributed by atoms with E-state index in [1.54, 1.807) is 25.3 Å². The van der Waals surface area contributed by atoms with E-state index in [1.807, 2.05) is 6.92 Å². The summed E-state index contributed by atoms with van der Waals surface area (Å²) in [5, 5.41) is 10.8. The van der Waals surface area contributed by atoms with E-state index in [0.29, 0.717) is 29.1 Å². The molecule has 2 aromatic rings. The molecule has 0 aliphatic carbocycles. The van der Waals surface area contributed by atoms with Crippen LogP contribution in [-0.4, -0.2) is 35.1 Å². The average Bonchev–Trinajstić information content (AvgIpc) is 2.92. The molecule has 0 bridgehead atoms. The quantitative estimate of drug-likeness (QED) is 0.624. The summed E-state index contributed by atoms with van der Waals surface area (Å²) < 4.78 is 16.1. The Morgan fingerprint density at radius 1 is 1.36 bits per heavy atom. The molecule has 1 aromatic carbocycles. The van der Waals surface area contributed by atoms with Crippen LogP contribution in [0.5, 0.6) is 11.6 Å². The number of benzene rings is 1. The molecule has 0 amide bonds. The van der Waals surface area contributed by atoms with E-state index in [1.165, 1.54) is 19.9 Å². The van der Waals surface area contributed by atoms with Gasteiger partial charge in [0.2, 0.25) is 5.88 Å². The molecule has 0 spiro atoms. The Bertz CT molecular complexity index is 771. The SMILES string of the molecule is CCOC(=O)CC1(O)O[B]c2cc(Oc3cnccn3)cc(CC)c21. The molecule has 25 heavy (non-hydrogen) atoms. The average molecular weight is 341 g/mol. The van der Waals surface area contributed by atoms with Gasteiger partial charge in [-0.15, -0.1) is 0 Å². The number of carbonyl (C=O) groups is 1. The smallest absolute Gasteiger partial charge is 0.334 e. The predicted octanol–water partition coefficient (Wildman–Crippen LogP) is 1.20. The summed E-state index contributed by atoms with van der Waals surface area (Å²) >= 11 is 0. The highest BCUT2D eigenvalue weighted by Crippen LogP contribution is 2.35. The maximum atomic E-state index is 11.8. The molecular weight excluding hydrogens is 323 g/mol. The summed E-state index contributed by atoms with van der Waals surface area (Å²) in [4.78, 5) is 19.8. The van der Waals surface area contributed by atoms with E-state index >= 15 is 0 Å². The van der Waals surface area contributed by atoms with Crippen LogP contribution in [0.2, 0.25) is 0 Å². The van der Waals surface area contributed by atoms with E-state index < -0.39 is 11.8 Å². The van der Waals surface area contributed by atoms with Gasteiger partial charge in [0, 0.05) is 18.0 Å². The number of carbonyl (C=O) groups excluding carboxylic acids is 1. The molecule has 1 aliphatic rings. The molecular formula is C17H18BN2O5. The van der Waals surface area contributed by atoms with Crippen LogP contribution in [0.3, 0.4) is 0 Å². The number of rotatable bonds is 6. The van der Waals surface area contributed by atoms with Gasteiger partial charge in [-0.3, -0.25) is 9.78 Å². The van der Waals surface area contributed by atoms with E-state index in [4.69, 9.17) is 14.1 Å². The van der Waals surface area contributed by atoms with Gasteiger partial charge < -0.3 is 19.2 Å². The molecule has 1 unspecified atom stereocenters. The van der Waals surface area contributed by atoms with Crippen molar-refractivity contribution in [1.29, 1.82) is 0 Å². The summed E-state index contributed by atoms with van der Waals surface area (Å²) in [5.74, 6) is -1.33. The third kappa shape index (κ3) is 3.64. The Morgan fingerprint density at radius 2 is 2.20 bits per heavy atom. The van der Waals surface area contributed by atoms with Crippen molar-refractivity contribution < 1.29 is 24.0 Å². The van der Waals surface area contributed by atoms with Gasteiger partial charge in [-0.25, -0.2) is 4.98 Å². The van der Waals surface area contributed by atoms with Gasteiger partial charge in [-0.05, 0) is 36.5 Å². The molecule has 1 aromatic heterocycles. The lowest BCUT2D eigenvalue weighted by Gasteiger charge is -2.25. The summed E-state index contributed by atoms with van der Waals surface area (Å²) in [6.07, 6.45) is 4.96. The predicted molar refractivity (Wildman–Crippen MR) is 89.5 cm³/mol. The zero-order valence-corrected chi connectivity index (χ0v) is 14.1. The summed E-state index contributed by atoms with van der Waals surface area (Å²) in [5.41, 5.74) is 2.04. The summed E-state index contributed by atoms with van der Waals surface area (Å²) in [6.45, 7) is 3.91. The van der Waals surface area contributed by atoms with Crippen LogP contribution >= 0.6 is 0 Å². The molecule has 1 atom stereocenters. The van der Waals surface area contributed by atoms with Gasteiger partial charge in [0.25, 0.3) is 0 Å². The van der Waals surface area contributed by atoms with Crippen molar-refractivity contribution in [2.75, 3.05) is 6.61 Å². The number of ether oxygens (including phenoxy) is 2. The minimum atomic E-state index is -1.72. The van der Waals surface area contributed by atoms with E-state index in [2.05, 4.69) is 9.97 Å². The lowest BCUT2D eigenvalue weighted by Crippen LogP contribution is -2.31. The third-order valence-corrected chi connectivity index (χ3v) is 3.83. The number of fused-ring (bicyclic) bond motifs is 1. The minimum Gasteiger partial charge on any atom is -0.466 e. The van der Waals surface area contributed by atoms with Crippen LogP contribution in [-0.2, 0) is 26.4 Å². The van der Waals surface area contributed by atoms with Crippen molar-refractivity contribution in [3.8, 4) is 11.6 Å². The number of aryl methyl sites for hydroxylation is 1. The highest BCUT2D eigenvalue weighted by atomic mass is 16.6. The van der Waals surface area contributed by atoms with Crippen molar-refractivity contribution in [1.82, 2.24) is 9.97 Å². The lowest BCUT2D eigenvalue weighted by atomic mass is 9.82. The molecule has 129 valence electrons. The fourth-order valence-corrected chi connectivity index (χ4v) is 2.82. The van der Waals surface area contributed by atoms with Crippen LogP contribution < -0.4 is 10.2 Å². The molecule has 0 saturated heterocycles. The molecule has 1 radical (unpaired) electrons. The van der Waals surface area contributed by atoms with Gasteiger partial charge >= 0.3 is 13.5 Å². The number of nitrogens with zero attached hydrogens (tertiary/aromatic N) is 2. The summed E-state index contributed by atoms with van der Waals surface area (Å²) in [7, 11) is 1.43. The van der Waals surface area contributed by atoms with Crippen LogP contribution in [0.1, 0.15) is 31.4 Å². The Kier molecular flexibility index (Phi) is 5.01. The fraction of sp³-hybridized carbons (Fsp3) is 0.353. The zero-order chi connectivity index (χ0) is 17.9. The molecule has 0 fully saturated rings. The first-order valence-electron chi connectivity index (χ1n) is 8.06. The van der Waals surface area contributed by atoms with Crippen LogP contribution in [0.15, 0.2) is 30.7 Å². The molecule has 1 N–H and O–H groups in total. The molecule has 1 aliphatic heterocycles. The van der Waals surface area contributed by atoms with E-state index in [0.717, 1.165) is 5.56 Å². The monoisotopic (exact) mass is 341 g/mol. The van der Waals surface area contributed by atoms with Gasteiger partial charge in [0.15, 0.2) is 5.79 Å². The molecule has 2 heterocycles. The second-order valence-corrected chi connectivity index (χ2v) is 5.55. The molecule has 8 heteroatoms. The van der Waals surface area contributed by atoms with Gasteiger partial charge in [-0.1, -0.05) is 6.92 Å². The van der Waals surface area contributed by atoms with Crippen molar-refractivity contribution in [3.05, 3.63) is 41.9 Å². The standard InChI is InChI=1S/C17H18BN2O5/c1-3-11-7-12(24-14-10-19-5-6-20-14)8-13-16(11)17(22,25-18-13)9-15(21)23-4-2/h5-8,10,22H,3-4,9H2,1-2H3. The molecule has 7 nitrogen and oxygen atoms in total. The van der Waals surface area contributed by atoms with E-state index in [9.17, 15) is 9.90 Å². The van der Waals surface area contributed by atoms with Gasteiger partial charge in [0.1, 0.15) is 12.2 Å². The second kappa shape index (κ2) is 7.20. The topological polar surface area (TPSA) is 90.8 Å². The first kappa shape index (κ1) is 17.4. The zero-order valence-electron chi connectivity index (χ0n) is 14.1. The fourth-order valence-electron chi connectivity index (χ4n) is 2.82. The van der Waals surface area contributed by atoms with Gasteiger partial charge in [0.05, 0.1) is 12.8 Å². The normalized spacial score (nSPS) is 18.4. The second-order valence-electron chi connectivity index (χ2n) is 5.55. The highest BCUT2D eigenvalue weighted by molar-refractivity contribution is 6.49. The van der Waals surface area contributed by atoms with Crippen LogP contribution in [0.4, 0.5) is 0 Å².